The van der Waals surface area contributed by atoms with Crippen molar-refractivity contribution in [3.8, 4) is 0 Å². The number of rotatable bonds is 3. The van der Waals surface area contributed by atoms with E-state index in [1.54, 1.807) is 6.92 Å². The number of hydrogen-bond acceptors (Lipinski definition) is 8. The van der Waals surface area contributed by atoms with E-state index in [1.165, 1.54) is 4.68 Å². The van der Waals surface area contributed by atoms with Crippen molar-refractivity contribution in [2.24, 2.45) is 0 Å². The smallest absolute Gasteiger partial charge is 0.329 e. The van der Waals surface area contributed by atoms with Gasteiger partial charge in [0.15, 0.2) is 17.0 Å². The van der Waals surface area contributed by atoms with Gasteiger partial charge in [0, 0.05) is 12.3 Å². The normalized spacial score (nSPS) is 18.7. The lowest BCUT2D eigenvalue weighted by Gasteiger charge is -2.21. The molecule has 29 heavy (non-hydrogen) atoms. The first kappa shape index (κ1) is 19.5. The second-order valence-electron chi connectivity index (χ2n) is 8.02. The predicted octanol–water partition coefficient (Wildman–Crippen LogP) is 2.35. The van der Waals surface area contributed by atoms with E-state index in [0.29, 0.717) is 5.89 Å². The number of alkyl halides is 4. The van der Waals surface area contributed by atoms with Crippen molar-refractivity contribution >= 4 is 17.0 Å². The number of halogens is 4. The highest BCUT2D eigenvalue weighted by Crippen LogP contribution is 2.43. The summed E-state index contributed by atoms with van der Waals surface area (Å²) in [5.41, 5.74) is -0.332. The van der Waals surface area contributed by atoms with Crippen LogP contribution in [-0.4, -0.2) is 60.1 Å². The lowest BCUT2D eigenvalue weighted by atomic mass is 9.96. The average molecular weight is 414 g/mol. The highest BCUT2D eigenvalue weighted by molar-refractivity contribution is 5.83. The topological polar surface area (TPSA) is 98.7 Å². The van der Waals surface area contributed by atoms with Crippen molar-refractivity contribution < 1.29 is 22.0 Å². The molecule has 0 unspecified atom stereocenters. The van der Waals surface area contributed by atoms with E-state index in [2.05, 4.69) is 30.5 Å². The van der Waals surface area contributed by atoms with E-state index in [-0.39, 0.29) is 35.2 Å². The third kappa shape index (κ3) is 3.27. The Morgan fingerprint density at radius 3 is 2.21 bits per heavy atom. The maximum atomic E-state index is 13.8. The van der Waals surface area contributed by atoms with Crippen LogP contribution in [0.5, 0.6) is 0 Å². The number of nitrogens with zero attached hydrogens (tertiary/aromatic N) is 8. The molecule has 0 spiro atoms. The summed E-state index contributed by atoms with van der Waals surface area (Å²) in [6, 6.07) is 0. The molecule has 0 amide bonds. The van der Waals surface area contributed by atoms with Gasteiger partial charge in [-0.15, -0.1) is 15.3 Å². The van der Waals surface area contributed by atoms with Crippen molar-refractivity contribution in [3.05, 3.63) is 17.6 Å². The maximum Gasteiger partial charge on any atom is 0.329 e. The summed E-state index contributed by atoms with van der Waals surface area (Å²) in [5, 5.41) is 15.5. The van der Waals surface area contributed by atoms with Crippen molar-refractivity contribution in [3.63, 3.8) is 0 Å². The zero-order chi connectivity index (χ0) is 21.2. The molecule has 1 aliphatic heterocycles. The minimum Gasteiger partial charge on any atom is -0.424 e. The summed E-state index contributed by atoms with van der Waals surface area (Å²) in [7, 11) is 0. The van der Waals surface area contributed by atoms with Crippen LogP contribution in [0.1, 0.15) is 38.4 Å². The molecule has 1 saturated heterocycles. The molecule has 0 aromatic carbocycles. The number of fused-ring (bicyclic) bond motifs is 1. The molecule has 0 saturated carbocycles. The highest BCUT2D eigenvalue weighted by atomic mass is 19.3. The number of hydrogen-bond donors (Lipinski definition) is 0. The molecule has 0 N–H and O–H groups in total. The molecule has 13 heteroatoms. The van der Waals surface area contributed by atoms with Gasteiger partial charge in [0.2, 0.25) is 11.8 Å². The van der Waals surface area contributed by atoms with Crippen LogP contribution in [0.2, 0.25) is 0 Å². The van der Waals surface area contributed by atoms with Crippen molar-refractivity contribution in [2.45, 2.75) is 51.5 Å². The van der Waals surface area contributed by atoms with Crippen LogP contribution in [-0.2, 0) is 12.0 Å². The Balaban J connectivity index is 1.84. The number of aryl methyl sites for hydroxylation is 1. The summed E-state index contributed by atoms with van der Waals surface area (Å²) in [6.45, 7) is 4.77. The van der Waals surface area contributed by atoms with Crippen LogP contribution < -0.4 is 4.90 Å². The van der Waals surface area contributed by atoms with Gasteiger partial charge >= 0.3 is 11.8 Å². The van der Waals surface area contributed by atoms with E-state index < -0.39 is 30.3 Å². The van der Waals surface area contributed by atoms with Gasteiger partial charge in [0.25, 0.3) is 0 Å². The van der Waals surface area contributed by atoms with Gasteiger partial charge in [-0.1, -0.05) is 26.0 Å². The van der Waals surface area contributed by atoms with Gasteiger partial charge < -0.3 is 9.32 Å². The van der Waals surface area contributed by atoms with E-state index in [4.69, 9.17) is 4.42 Å². The Morgan fingerprint density at radius 1 is 1.00 bits per heavy atom. The molecule has 3 aromatic heterocycles. The van der Waals surface area contributed by atoms with Crippen LogP contribution in [0.3, 0.4) is 0 Å². The first-order chi connectivity index (χ1) is 13.4. The lowest BCUT2D eigenvalue weighted by molar-refractivity contribution is -0.172. The number of aromatic nitrogens is 7. The first-order valence-electron chi connectivity index (χ1n) is 8.79. The average Bonchev–Trinajstić information content (AvgIpc) is 3.24. The van der Waals surface area contributed by atoms with Gasteiger partial charge in [-0.2, -0.15) is 17.6 Å². The zero-order valence-corrected chi connectivity index (χ0v) is 16.1. The molecule has 0 aliphatic carbocycles. The van der Waals surface area contributed by atoms with Crippen molar-refractivity contribution in [1.29, 1.82) is 0 Å². The second kappa shape index (κ2) is 6.07. The Labute approximate surface area is 162 Å². The van der Waals surface area contributed by atoms with Gasteiger partial charge in [-0.25, -0.2) is 14.6 Å². The molecule has 1 aliphatic rings. The molecule has 4 heterocycles. The van der Waals surface area contributed by atoms with Crippen molar-refractivity contribution in [1.82, 2.24) is 35.2 Å². The molecule has 0 bridgehead atoms. The van der Waals surface area contributed by atoms with Crippen LogP contribution in [0.4, 0.5) is 23.4 Å². The van der Waals surface area contributed by atoms with Crippen LogP contribution in [0.25, 0.3) is 11.2 Å². The second-order valence-corrected chi connectivity index (χ2v) is 8.02. The first-order valence-corrected chi connectivity index (χ1v) is 8.79. The Morgan fingerprint density at radius 2 is 1.66 bits per heavy atom. The standard InChI is InChI=1S/C16H18F4N8O/c1-8-23-24-9(29-8)5-28-12-10(25-26-28)11(21-13(22-12)14(2,3)4)27-6-15(17,18)16(19,20)7-27/h5-7H2,1-4H3. The molecular formula is C16H18F4N8O. The highest BCUT2D eigenvalue weighted by Gasteiger charge is 2.63. The lowest BCUT2D eigenvalue weighted by Crippen LogP contribution is -2.38. The quantitative estimate of drug-likeness (QED) is 0.603. The summed E-state index contributed by atoms with van der Waals surface area (Å²) < 4.78 is 61.8. The minimum atomic E-state index is -4.18. The monoisotopic (exact) mass is 414 g/mol. The van der Waals surface area contributed by atoms with E-state index in [9.17, 15) is 17.6 Å². The summed E-state index contributed by atoms with van der Waals surface area (Å²) in [5.74, 6) is -7.58. The van der Waals surface area contributed by atoms with Gasteiger partial charge in [-0.3, -0.25) is 0 Å². The fourth-order valence-electron chi connectivity index (χ4n) is 2.95. The van der Waals surface area contributed by atoms with Crippen LogP contribution >= 0.6 is 0 Å². The van der Waals surface area contributed by atoms with Gasteiger partial charge in [0.1, 0.15) is 12.4 Å². The van der Waals surface area contributed by atoms with E-state index >= 15 is 0 Å². The fraction of sp³-hybridized carbons (Fsp3) is 0.625. The minimum absolute atomic E-state index is 0.0314. The molecule has 156 valence electrons. The molecule has 3 aromatic rings. The van der Waals surface area contributed by atoms with E-state index in [0.717, 1.165) is 4.90 Å². The molecule has 0 radical (unpaired) electrons. The fourth-order valence-corrected chi connectivity index (χ4v) is 2.95. The largest absolute Gasteiger partial charge is 0.424 e. The molecule has 4 rings (SSSR count). The zero-order valence-electron chi connectivity index (χ0n) is 16.1. The summed E-state index contributed by atoms with van der Waals surface area (Å²) >= 11 is 0. The Bertz CT molecular complexity index is 1050. The van der Waals surface area contributed by atoms with E-state index in [1.807, 2.05) is 20.8 Å². The molecular weight excluding hydrogens is 396 g/mol. The Kier molecular flexibility index (Phi) is 4.07. The van der Waals surface area contributed by atoms with Gasteiger partial charge in [0.05, 0.1) is 13.1 Å². The summed E-state index contributed by atoms with van der Waals surface area (Å²) in [6.07, 6.45) is 0. The predicted molar refractivity (Wildman–Crippen MR) is 92.1 cm³/mol. The third-order valence-corrected chi connectivity index (χ3v) is 4.48. The molecule has 1 fully saturated rings. The SMILES string of the molecule is Cc1nnc(Cn2nnc3c(N4CC(F)(F)C(F)(F)C4)nc(C(C)(C)C)nc32)o1. The maximum absolute atomic E-state index is 13.8. The van der Waals surface area contributed by atoms with Crippen LogP contribution in [0.15, 0.2) is 4.42 Å². The number of anilines is 1. The van der Waals surface area contributed by atoms with Gasteiger partial charge in [-0.05, 0) is 0 Å². The van der Waals surface area contributed by atoms with Crippen LogP contribution in [0, 0.1) is 6.92 Å². The Hall–Kier alpha value is -2.86. The molecule has 9 nitrogen and oxygen atoms in total. The summed E-state index contributed by atoms with van der Waals surface area (Å²) in [4.78, 5) is 9.57. The third-order valence-electron chi connectivity index (χ3n) is 4.48. The molecule has 0 atom stereocenters. The van der Waals surface area contributed by atoms with Crippen molar-refractivity contribution in [2.75, 3.05) is 18.0 Å².